The van der Waals surface area contributed by atoms with Crippen molar-refractivity contribution in [2.45, 2.75) is 6.61 Å². The first kappa shape index (κ1) is 16.9. The van der Waals surface area contributed by atoms with E-state index in [9.17, 15) is 0 Å². The molecule has 4 aromatic rings. The molecule has 0 aliphatic rings. The summed E-state index contributed by atoms with van der Waals surface area (Å²) in [5.41, 5.74) is 4.39. The molecule has 0 amide bonds. The number of benzene rings is 2. The van der Waals surface area contributed by atoms with Gasteiger partial charge in [0.25, 0.3) is 0 Å². The number of thiazole rings is 1. The number of aliphatic hydroxyl groups excluding tert-OH is 1. The van der Waals surface area contributed by atoms with E-state index in [0.717, 1.165) is 27.3 Å². The van der Waals surface area contributed by atoms with Crippen molar-refractivity contribution in [1.82, 2.24) is 9.38 Å². The van der Waals surface area contributed by atoms with Crippen LogP contribution in [0, 0.1) is 0 Å². The van der Waals surface area contributed by atoms with E-state index in [1.165, 1.54) is 4.70 Å². The van der Waals surface area contributed by atoms with E-state index in [4.69, 9.17) is 14.8 Å². The summed E-state index contributed by atoms with van der Waals surface area (Å²) in [7, 11) is 0. The minimum Gasteiger partial charge on any atom is -0.394 e. The van der Waals surface area contributed by atoms with Gasteiger partial charge in [-0.05, 0) is 17.7 Å². The second kappa shape index (κ2) is 7.32. The number of hydrogen-bond donors (Lipinski definition) is 1. The monoisotopic (exact) mass is 360 g/mol. The lowest BCUT2D eigenvalue weighted by atomic mass is 10.2. The number of nitrogens with zero attached hydrogens (tertiary/aromatic N) is 2. The van der Waals surface area contributed by atoms with E-state index in [1.807, 2.05) is 18.2 Å². The van der Waals surface area contributed by atoms with Crippen LogP contribution in [0.15, 0.2) is 54.7 Å². The van der Waals surface area contributed by atoms with Crippen LogP contribution in [0.3, 0.4) is 0 Å². The Kier molecular flexibility index (Phi) is 5.16. The molecule has 2 aromatic carbocycles. The summed E-state index contributed by atoms with van der Waals surface area (Å²) in [6.45, 7) is 0.940. The summed E-state index contributed by atoms with van der Waals surface area (Å²) in [6, 6.07) is 16.5. The average molecular weight is 361 g/mol. The predicted molar refractivity (Wildman–Crippen MR) is 100 cm³/mol. The molecule has 6 heteroatoms. The maximum atomic E-state index is 8.77. The van der Waals surface area contributed by atoms with Crippen LogP contribution in [-0.2, 0) is 11.3 Å². The van der Waals surface area contributed by atoms with Crippen molar-refractivity contribution < 1.29 is 9.84 Å². The summed E-state index contributed by atoms with van der Waals surface area (Å²) in [5.74, 6) is 0. The molecule has 0 radical (unpaired) electrons. The van der Waals surface area contributed by atoms with Crippen LogP contribution in [0.25, 0.3) is 26.4 Å². The van der Waals surface area contributed by atoms with Crippen molar-refractivity contribution in [3.05, 3.63) is 60.3 Å². The summed E-state index contributed by atoms with van der Waals surface area (Å²) in [6.07, 6.45) is 2.09. The smallest absolute Gasteiger partial charge is 0.195 e. The van der Waals surface area contributed by atoms with E-state index in [1.54, 1.807) is 11.3 Å². The Labute approximate surface area is 149 Å². The molecule has 0 aliphatic carbocycles. The number of imidazole rings is 1. The van der Waals surface area contributed by atoms with Crippen molar-refractivity contribution in [3.63, 3.8) is 0 Å². The minimum atomic E-state index is 0. The van der Waals surface area contributed by atoms with Gasteiger partial charge >= 0.3 is 0 Å². The molecule has 24 heavy (non-hydrogen) atoms. The van der Waals surface area contributed by atoms with Gasteiger partial charge in [0.05, 0.1) is 35.7 Å². The van der Waals surface area contributed by atoms with Gasteiger partial charge < -0.3 is 9.84 Å². The summed E-state index contributed by atoms with van der Waals surface area (Å²) in [5, 5.41) is 8.77. The molecule has 0 saturated heterocycles. The molecule has 0 bridgehead atoms. The molecule has 1 N–H and O–H groups in total. The van der Waals surface area contributed by atoms with Crippen LogP contribution in [0.2, 0.25) is 0 Å². The topological polar surface area (TPSA) is 46.8 Å². The zero-order valence-corrected chi connectivity index (χ0v) is 14.5. The Hall–Kier alpha value is -1.92. The molecule has 2 heterocycles. The Morgan fingerprint density at radius 1 is 1.12 bits per heavy atom. The van der Waals surface area contributed by atoms with Gasteiger partial charge in [-0.1, -0.05) is 47.7 Å². The van der Waals surface area contributed by atoms with Gasteiger partial charge in [-0.2, -0.15) is 0 Å². The number of halogens is 1. The van der Waals surface area contributed by atoms with Crippen LogP contribution in [-0.4, -0.2) is 27.7 Å². The van der Waals surface area contributed by atoms with Crippen LogP contribution in [0.1, 0.15) is 5.56 Å². The standard InChI is InChI=1S/C18H16N2O2S.ClH/c21-8-9-22-12-13-6-7-16-17(10-13)23-18-19-15(11-20(16)18)14-4-2-1-3-5-14;/h1-7,10-11,21H,8-9,12H2;1H. The van der Waals surface area contributed by atoms with Gasteiger partial charge in [0.2, 0.25) is 0 Å². The first-order valence-corrected chi connectivity index (χ1v) is 8.31. The van der Waals surface area contributed by atoms with E-state index >= 15 is 0 Å². The highest BCUT2D eigenvalue weighted by atomic mass is 35.5. The quantitative estimate of drug-likeness (QED) is 0.544. The molecule has 0 spiro atoms. The molecule has 0 saturated carbocycles. The highest BCUT2D eigenvalue weighted by Gasteiger charge is 2.10. The van der Waals surface area contributed by atoms with Crippen molar-refractivity contribution in [3.8, 4) is 11.3 Å². The lowest BCUT2D eigenvalue weighted by Crippen LogP contribution is -1.98. The zero-order chi connectivity index (χ0) is 15.6. The highest BCUT2D eigenvalue weighted by molar-refractivity contribution is 7.23. The summed E-state index contributed by atoms with van der Waals surface area (Å²) < 4.78 is 8.71. The molecule has 124 valence electrons. The van der Waals surface area contributed by atoms with Crippen LogP contribution in [0.5, 0.6) is 0 Å². The fraction of sp³-hybridized carbons (Fsp3) is 0.167. The Bertz CT molecular complexity index is 950. The number of aliphatic hydroxyl groups is 1. The Balaban J connectivity index is 0.00000169. The van der Waals surface area contributed by atoms with E-state index < -0.39 is 0 Å². The van der Waals surface area contributed by atoms with Crippen LogP contribution in [0.4, 0.5) is 0 Å². The molecule has 0 aliphatic heterocycles. The molecular weight excluding hydrogens is 344 g/mol. The largest absolute Gasteiger partial charge is 0.394 e. The third-order valence-corrected chi connectivity index (χ3v) is 4.75. The lowest BCUT2D eigenvalue weighted by Gasteiger charge is -2.02. The normalized spacial score (nSPS) is 11.0. The van der Waals surface area contributed by atoms with Gasteiger partial charge in [0.15, 0.2) is 4.96 Å². The first-order chi connectivity index (χ1) is 11.3. The number of fused-ring (bicyclic) bond motifs is 3. The zero-order valence-electron chi connectivity index (χ0n) is 12.9. The van der Waals surface area contributed by atoms with Gasteiger partial charge in [-0.3, -0.25) is 4.40 Å². The molecule has 0 unspecified atom stereocenters. The van der Waals surface area contributed by atoms with Crippen molar-refractivity contribution in [2.24, 2.45) is 0 Å². The van der Waals surface area contributed by atoms with Crippen molar-refractivity contribution in [2.75, 3.05) is 13.2 Å². The van der Waals surface area contributed by atoms with E-state index in [-0.39, 0.29) is 19.0 Å². The molecule has 4 nitrogen and oxygen atoms in total. The Morgan fingerprint density at radius 2 is 1.96 bits per heavy atom. The second-order valence-electron chi connectivity index (χ2n) is 5.33. The van der Waals surface area contributed by atoms with Crippen molar-refractivity contribution >= 4 is 38.9 Å². The highest BCUT2D eigenvalue weighted by Crippen LogP contribution is 2.30. The van der Waals surface area contributed by atoms with Gasteiger partial charge in [-0.25, -0.2) is 4.98 Å². The number of ether oxygens (including phenoxy) is 1. The maximum Gasteiger partial charge on any atom is 0.195 e. The second-order valence-corrected chi connectivity index (χ2v) is 6.33. The third kappa shape index (κ3) is 3.16. The van der Waals surface area contributed by atoms with Crippen molar-refractivity contribution in [1.29, 1.82) is 0 Å². The number of aromatic nitrogens is 2. The SMILES string of the molecule is Cl.OCCOCc1ccc2c(c1)sc1nc(-c3ccccc3)cn12. The van der Waals surface area contributed by atoms with Gasteiger partial charge in [0.1, 0.15) is 0 Å². The van der Waals surface area contributed by atoms with E-state index in [2.05, 4.69) is 40.9 Å². The lowest BCUT2D eigenvalue weighted by molar-refractivity contribution is 0.0816. The summed E-state index contributed by atoms with van der Waals surface area (Å²) >= 11 is 1.68. The van der Waals surface area contributed by atoms with Crippen LogP contribution < -0.4 is 0 Å². The van der Waals surface area contributed by atoms with Gasteiger partial charge in [-0.15, -0.1) is 12.4 Å². The number of rotatable bonds is 5. The van der Waals surface area contributed by atoms with E-state index in [0.29, 0.717) is 13.2 Å². The molecule has 2 aromatic heterocycles. The Morgan fingerprint density at radius 3 is 2.75 bits per heavy atom. The third-order valence-electron chi connectivity index (χ3n) is 3.73. The molecule has 0 atom stereocenters. The fourth-order valence-electron chi connectivity index (χ4n) is 2.64. The van der Waals surface area contributed by atoms with Gasteiger partial charge in [0, 0.05) is 11.8 Å². The number of hydrogen-bond acceptors (Lipinski definition) is 4. The molecular formula is C18H17ClN2O2S. The first-order valence-electron chi connectivity index (χ1n) is 7.50. The molecule has 0 fully saturated rings. The average Bonchev–Trinajstić information content (AvgIpc) is 3.13. The predicted octanol–water partition coefficient (Wildman–Crippen LogP) is 4.15. The van der Waals surface area contributed by atoms with Crippen LogP contribution >= 0.6 is 23.7 Å². The maximum absolute atomic E-state index is 8.77. The fourth-order valence-corrected chi connectivity index (χ4v) is 3.71. The summed E-state index contributed by atoms with van der Waals surface area (Å²) in [4.78, 5) is 5.74. The molecule has 4 rings (SSSR count). The minimum absolute atomic E-state index is 0.